The van der Waals surface area contributed by atoms with Crippen molar-refractivity contribution in [1.82, 2.24) is 0 Å². The van der Waals surface area contributed by atoms with Crippen LogP contribution in [-0.2, 0) is 0 Å². The first-order chi connectivity index (χ1) is 5.74. The second-order valence-corrected chi connectivity index (χ2v) is 5.77. The summed E-state index contributed by atoms with van der Waals surface area (Å²) in [5.74, 6) is 0. The van der Waals surface area contributed by atoms with Crippen molar-refractivity contribution in [3.05, 3.63) is 20.8 Å². The maximum Gasteiger partial charge on any atom is 0.0701 e. The number of rotatable bonds is 4. The molecule has 68 valence electrons. The van der Waals surface area contributed by atoms with Gasteiger partial charge in [-0.05, 0) is 34.5 Å². The van der Waals surface area contributed by atoms with Gasteiger partial charge in [0, 0.05) is 4.88 Å². The Kier molecular flexibility index (Phi) is 4.62. The fourth-order valence-electron chi connectivity index (χ4n) is 1.02. The fourth-order valence-corrected chi connectivity index (χ4v) is 2.82. The number of halogens is 2. The van der Waals surface area contributed by atoms with E-state index in [1.807, 2.05) is 0 Å². The average molecular weight is 268 g/mol. The Hall–Kier alpha value is 0.470. The molecule has 0 amide bonds. The van der Waals surface area contributed by atoms with Crippen molar-refractivity contribution in [2.75, 3.05) is 0 Å². The third-order valence-electron chi connectivity index (χ3n) is 1.71. The monoisotopic (exact) mass is 266 g/mol. The van der Waals surface area contributed by atoms with Crippen LogP contribution in [0.3, 0.4) is 0 Å². The van der Waals surface area contributed by atoms with Crippen LogP contribution < -0.4 is 0 Å². The van der Waals surface area contributed by atoms with Gasteiger partial charge < -0.3 is 0 Å². The summed E-state index contributed by atoms with van der Waals surface area (Å²) >= 11 is 11.3. The summed E-state index contributed by atoms with van der Waals surface area (Å²) in [7, 11) is 0. The molecule has 12 heavy (non-hydrogen) atoms. The second kappa shape index (κ2) is 5.25. The van der Waals surface area contributed by atoms with E-state index in [9.17, 15) is 0 Å². The molecule has 0 fully saturated rings. The number of unbranched alkanes of at least 4 members (excludes halogenated alkanes) is 1. The molecule has 0 radical (unpaired) electrons. The van der Waals surface area contributed by atoms with Crippen LogP contribution in [0.2, 0.25) is 0 Å². The van der Waals surface area contributed by atoms with Crippen molar-refractivity contribution in [2.45, 2.75) is 31.6 Å². The molecule has 0 N–H and O–H groups in total. The molecule has 0 spiro atoms. The minimum absolute atomic E-state index is 0.209. The normalized spacial score (nSPS) is 13.2. The van der Waals surface area contributed by atoms with Crippen LogP contribution in [0.1, 0.15) is 36.4 Å². The summed E-state index contributed by atoms with van der Waals surface area (Å²) in [4.78, 5) is 1.27. The average Bonchev–Trinajstić information content (AvgIpc) is 2.47. The standard InChI is InChI=1S/C9H12BrClS/c1-2-3-4-7(11)8-5-6-9(10)12-8/h5-7H,2-4H2,1H3. The summed E-state index contributed by atoms with van der Waals surface area (Å²) < 4.78 is 1.17. The van der Waals surface area contributed by atoms with Crippen molar-refractivity contribution >= 4 is 38.9 Å². The quantitative estimate of drug-likeness (QED) is 0.675. The van der Waals surface area contributed by atoms with Gasteiger partial charge in [-0.15, -0.1) is 22.9 Å². The maximum atomic E-state index is 6.19. The van der Waals surface area contributed by atoms with Crippen molar-refractivity contribution < 1.29 is 0 Å². The lowest BCUT2D eigenvalue weighted by molar-refractivity contribution is 0.707. The van der Waals surface area contributed by atoms with Gasteiger partial charge in [0.2, 0.25) is 0 Å². The molecule has 0 saturated heterocycles. The van der Waals surface area contributed by atoms with E-state index in [0.29, 0.717) is 0 Å². The van der Waals surface area contributed by atoms with Crippen LogP contribution in [0.5, 0.6) is 0 Å². The van der Waals surface area contributed by atoms with Crippen LogP contribution in [0, 0.1) is 0 Å². The van der Waals surface area contributed by atoms with E-state index in [4.69, 9.17) is 11.6 Å². The van der Waals surface area contributed by atoms with E-state index < -0.39 is 0 Å². The van der Waals surface area contributed by atoms with Gasteiger partial charge in [0.25, 0.3) is 0 Å². The van der Waals surface area contributed by atoms with Crippen LogP contribution in [0.25, 0.3) is 0 Å². The third-order valence-corrected chi connectivity index (χ3v) is 4.03. The van der Waals surface area contributed by atoms with E-state index in [1.165, 1.54) is 21.5 Å². The Morgan fingerprint density at radius 3 is 2.83 bits per heavy atom. The fraction of sp³-hybridized carbons (Fsp3) is 0.556. The molecule has 1 aromatic heterocycles. The molecule has 3 heteroatoms. The summed E-state index contributed by atoms with van der Waals surface area (Å²) in [6, 6.07) is 4.16. The van der Waals surface area contributed by atoms with Crippen LogP contribution >= 0.6 is 38.9 Å². The predicted molar refractivity (Wildman–Crippen MR) is 60.1 cm³/mol. The van der Waals surface area contributed by atoms with E-state index in [2.05, 4.69) is 35.0 Å². The topological polar surface area (TPSA) is 0 Å². The lowest BCUT2D eigenvalue weighted by atomic mass is 10.2. The summed E-state index contributed by atoms with van der Waals surface area (Å²) in [6.45, 7) is 2.19. The first kappa shape index (κ1) is 10.6. The van der Waals surface area contributed by atoms with Crippen molar-refractivity contribution in [3.63, 3.8) is 0 Å². The van der Waals surface area contributed by atoms with Crippen molar-refractivity contribution in [2.24, 2.45) is 0 Å². The smallest absolute Gasteiger partial charge is 0.0701 e. The van der Waals surface area contributed by atoms with Gasteiger partial charge >= 0.3 is 0 Å². The number of alkyl halides is 1. The second-order valence-electron chi connectivity index (χ2n) is 2.75. The van der Waals surface area contributed by atoms with E-state index in [0.717, 1.165) is 6.42 Å². The summed E-state index contributed by atoms with van der Waals surface area (Å²) in [5.41, 5.74) is 0. The molecule has 1 rings (SSSR count). The highest BCUT2D eigenvalue weighted by Gasteiger charge is 2.08. The van der Waals surface area contributed by atoms with Crippen LogP contribution in [0.15, 0.2) is 15.9 Å². The van der Waals surface area contributed by atoms with Crippen LogP contribution in [0.4, 0.5) is 0 Å². The van der Waals surface area contributed by atoms with Crippen molar-refractivity contribution in [1.29, 1.82) is 0 Å². The molecule has 0 saturated carbocycles. The highest BCUT2D eigenvalue weighted by Crippen LogP contribution is 2.33. The highest BCUT2D eigenvalue weighted by atomic mass is 79.9. The first-order valence-electron chi connectivity index (χ1n) is 4.13. The van der Waals surface area contributed by atoms with E-state index >= 15 is 0 Å². The van der Waals surface area contributed by atoms with E-state index in [1.54, 1.807) is 11.3 Å². The highest BCUT2D eigenvalue weighted by molar-refractivity contribution is 9.11. The Bertz CT molecular complexity index is 234. The van der Waals surface area contributed by atoms with Gasteiger partial charge in [0.1, 0.15) is 0 Å². The number of hydrogen-bond donors (Lipinski definition) is 0. The molecule has 0 aromatic carbocycles. The molecule has 0 aliphatic rings. The molecule has 1 unspecified atom stereocenters. The van der Waals surface area contributed by atoms with Gasteiger partial charge in [0.05, 0.1) is 9.16 Å². The Labute approximate surface area is 91.1 Å². The molecule has 0 nitrogen and oxygen atoms in total. The molecular weight excluding hydrogens is 256 g/mol. The zero-order valence-electron chi connectivity index (χ0n) is 7.02. The molecular formula is C9H12BrClS. The zero-order valence-corrected chi connectivity index (χ0v) is 10.2. The molecule has 1 atom stereocenters. The largest absolute Gasteiger partial charge is 0.132 e. The first-order valence-corrected chi connectivity index (χ1v) is 6.18. The number of hydrogen-bond acceptors (Lipinski definition) is 1. The number of thiophene rings is 1. The Morgan fingerprint density at radius 2 is 2.33 bits per heavy atom. The molecule has 0 aliphatic heterocycles. The minimum atomic E-state index is 0.209. The molecule has 1 aromatic rings. The zero-order chi connectivity index (χ0) is 8.97. The molecule has 0 bridgehead atoms. The lowest BCUT2D eigenvalue weighted by Gasteiger charge is -2.04. The van der Waals surface area contributed by atoms with E-state index in [-0.39, 0.29) is 5.38 Å². The van der Waals surface area contributed by atoms with Crippen LogP contribution in [-0.4, -0.2) is 0 Å². The predicted octanol–water partition coefficient (Wildman–Crippen LogP) is 4.98. The van der Waals surface area contributed by atoms with Gasteiger partial charge in [-0.3, -0.25) is 0 Å². The SMILES string of the molecule is CCCCC(Cl)c1ccc(Br)s1. The maximum absolute atomic E-state index is 6.19. The minimum Gasteiger partial charge on any atom is -0.132 e. The summed E-state index contributed by atoms with van der Waals surface area (Å²) in [5, 5.41) is 0.209. The summed E-state index contributed by atoms with van der Waals surface area (Å²) in [6.07, 6.45) is 3.52. The van der Waals surface area contributed by atoms with Gasteiger partial charge in [0.15, 0.2) is 0 Å². The Balaban J connectivity index is 2.47. The lowest BCUT2D eigenvalue weighted by Crippen LogP contribution is -1.85. The Morgan fingerprint density at radius 1 is 1.58 bits per heavy atom. The molecule has 0 aliphatic carbocycles. The molecule has 1 heterocycles. The van der Waals surface area contributed by atoms with Gasteiger partial charge in [-0.1, -0.05) is 19.8 Å². The van der Waals surface area contributed by atoms with Gasteiger partial charge in [-0.2, -0.15) is 0 Å². The van der Waals surface area contributed by atoms with Gasteiger partial charge in [-0.25, -0.2) is 0 Å². The third kappa shape index (κ3) is 3.08. The van der Waals surface area contributed by atoms with Crippen molar-refractivity contribution in [3.8, 4) is 0 Å².